The van der Waals surface area contributed by atoms with Crippen molar-refractivity contribution in [3.63, 3.8) is 0 Å². The lowest BCUT2D eigenvalue weighted by atomic mass is 9.48. The van der Waals surface area contributed by atoms with E-state index >= 15 is 0 Å². The van der Waals surface area contributed by atoms with Gasteiger partial charge in [-0.25, -0.2) is 0 Å². The van der Waals surface area contributed by atoms with E-state index in [4.69, 9.17) is 9.29 Å². The van der Waals surface area contributed by atoms with E-state index in [0.29, 0.717) is 18.3 Å². The van der Waals surface area contributed by atoms with Gasteiger partial charge in [0, 0.05) is 0 Å². The van der Waals surface area contributed by atoms with Crippen molar-refractivity contribution in [1.82, 2.24) is 0 Å². The Bertz CT molecular complexity index is 1260. The van der Waals surface area contributed by atoms with Crippen molar-refractivity contribution in [3.8, 4) is 0 Å². The Morgan fingerprint density at radius 1 is 0.739 bits per heavy atom. The van der Waals surface area contributed by atoms with Gasteiger partial charge >= 0.3 is 15.4 Å². The van der Waals surface area contributed by atoms with Crippen molar-refractivity contribution in [2.75, 3.05) is 13.2 Å². The summed E-state index contributed by atoms with van der Waals surface area (Å²) in [6.07, 6.45) is 4.82. The number of alkyl halides is 2. The Labute approximate surface area is 278 Å². The van der Waals surface area contributed by atoms with Gasteiger partial charge in [0.15, 0.2) is 14.7 Å². The zero-order valence-corrected chi connectivity index (χ0v) is 29.8. The number of hydrogen-bond acceptors (Lipinski definition) is 4. The number of hydrogen-bond donors (Lipinski definition) is 2. The van der Waals surface area contributed by atoms with Crippen molar-refractivity contribution >= 4 is 21.0 Å². The van der Waals surface area contributed by atoms with E-state index in [1.165, 1.54) is 14.7 Å². The van der Waals surface area contributed by atoms with E-state index in [2.05, 4.69) is 91.0 Å². The third-order valence-electron chi connectivity index (χ3n) is 8.14. The Kier molecular flexibility index (Phi) is 15.9. The maximum absolute atomic E-state index is 13.2. The number of benzene rings is 3. The van der Waals surface area contributed by atoms with Gasteiger partial charge in [-0.05, 0) is 92.2 Å². The normalized spacial score (nSPS) is 24.2. The predicted molar refractivity (Wildman–Crippen MR) is 185 cm³/mol. The molecule has 46 heavy (non-hydrogen) atoms. The van der Waals surface area contributed by atoms with Crippen LogP contribution < -0.4 is 0 Å². The molecule has 256 valence electrons. The topological polar surface area (TPSA) is 83.8 Å². The van der Waals surface area contributed by atoms with E-state index < -0.39 is 27.6 Å². The number of halogens is 2. The molecule has 4 aliphatic rings. The summed E-state index contributed by atoms with van der Waals surface area (Å²) >= 11 is 0. The van der Waals surface area contributed by atoms with E-state index in [-0.39, 0.29) is 22.9 Å². The van der Waals surface area contributed by atoms with Crippen LogP contribution in [0.2, 0.25) is 0 Å². The van der Waals surface area contributed by atoms with Crippen molar-refractivity contribution in [1.29, 1.82) is 0 Å². The largest absolute Gasteiger partial charge is 0.392 e. The summed E-state index contributed by atoms with van der Waals surface area (Å²) in [6, 6.07) is 32.2. The van der Waals surface area contributed by atoms with Gasteiger partial charge in [0.2, 0.25) is 0 Å². The Balaban J connectivity index is 0.000000277. The fourth-order valence-corrected chi connectivity index (χ4v) is 9.45. The third-order valence-corrected chi connectivity index (χ3v) is 11.2. The van der Waals surface area contributed by atoms with Crippen molar-refractivity contribution in [2.24, 2.45) is 17.3 Å². The Morgan fingerprint density at radius 2 is 1.11 bits per heavy atom. The molecule has 2 atom stereocenters. The Hall–Kier alpha value is -2.30. The molecule has 3 aromatic carbocycles. The molecule has 4 saturated carbocycles. The third kappa shape index (κ3) is 10.6. The van der Waals surface area contributed by atoms with Crippen LogP contribution in [0.3, 0.4) is 0 Å². The first kappa shape index (κ1) is 39.9. The van der Waals surface area contributed by atoms with Gasteiger partial charge < -0.3 is 9.84 Å². The molecule has 5 nitrogen and oxygen atoms in total. The standard InChI is InChI=1S/C18H15S.C13H20F2O5S.3C2H6/c1-4-10-16(11-5-1)19(17-12-6-2-7-13-17)18-14-8-3-9-15-18;14-13(15,21(17,18)19)8-20-7-11-2-9-1-10(3-11)5-12(16,4-9)6-11;3*1-2/h1-15H;9-10,16H,1-8H2,(H,17,18,19);3*1-2H3/q+1;;;;. The highest BCUT2D eigenvalue weighted by atomic mass is 32.2. The highest BCUT2D eigenvalue weighted by Gasteiger charge is 2.57. The monoisotopic (exact) mass is 679 g/mol. The van der Waals surface area contributed by atoms with Crippen molar-refractivity contribution in [2.45, 2.75) is 106 Å². The second-order valence-electron chi connectivity index (χ2n) is 11.5. The van der Waals surface area contributed by atoms with E-state index in [0.717, 1.165) is 32.1 Å². The second-order valence-corrected chi connectivity index (χ2v) is 15.1. The van der Waals surface area contributed by atoms with Gasteiger partial charge in [-0.2, -0.15) is 17.2 Å². The van der Waals surface area contributed by atoms with Crippen LogP contribution in [0.25, 0.3) is 0 Å². The summed E-state index contributed by atoms with van der Waals surface area (Å²) in [4.78, 5) is 4.08. The minimum absolute atomic E-state index is 0.00736. The first-order valence-corrected chi connectivity index (χ1v) is 19.2. The van der Waals surface area contributed by atoms with Crippen molar-refractivity contribution in [3.05, 3.63) is 91.0 Å². The molecule has 0 aliphatic heterocycles. The smallest absolute Gasteiger partial charge is 0.390 e. The van der Waals surface area contributed by atoms with Crippen LogP contribution in [0.1, 0.15) is 80.1 Å². The van der Waals surface area contributed by atoms with Gasteiger partial charge in [0.05, 0.1) is 23.1 Å². The molecule has 2 unspecified atom stereocenters. The SMILES string of the molecule is CC.CC.CC.O=S(=O)(O)C(F)(F)COCC12CC3CC(CC(O)(C3)C1)C2.c1ccc([S+](c2ccccc2)c2ccccc2)cc1. The molecule has 4 bridgehead atoms. The van der Waals surface area contributed by atoms with Crippen LogP contribution in [0.15, 0.2) is 106 Å². The summed E-state index contributed by atoms with van der Waals surface area (Å²) in [6.45, 7) is 10.7. The molecule has 4 aliphatic carbocycles. The minimum Gasteiger partial charge on any atom is -0.390 e. The molecule has 0 heterocycles. The van der Waals surface area contributed by atoms with Gasteiger partial charge in [-0.15, -0.1) is 0 Å². The first-order chi connectivity index (χ1) is 22.0. The molecule has 0 aromatic heterocycles. The number of rotatable bonds is 8. The molecule has 0 saturated heterocycles. The highest BCUT2D eigenvalue weighted by molar-refractivity contribution is 7.97. The lowest BCUT2D eigenvalue weighted by molar-refractivity contribution is -0.185. The minimum atomic E-state index is -5.45. The molecule has 3 aromatic rings. The van der Waals surface area contributed by atoms with Gasteiger partial charge in [0.1, 0.15) is 6.61 Å². The maximum Gasteiger partial charge on any atom is 0.392 e. The van der Waals surface area contributed by atoms with Gasteiger partial charge in [0.25, 0.3) is 0 Å². The van der Waals surface area contributed by atoms with E-state index in [1.807, 2.05) is 41.5 Å². The van der Waals surface area contributed by atoms with Gasteiger partial charge in [-0.3, -0.25) is 4.55 Å². The van der Waals surface area contributed by atoms with Gasteiger partial charge in [-0.1, -0.05) is 96.1 Å². The zero-order valence-electron chi connectivity index (χ0n) is 28.2. The van der Waals surface area contributed by atoms with Crippen LogP contribution in [0, 0.1) is 17.3 Å². The summed E-state index contributed by atoms with van der Waals surface area (Å²) in [5.74, 6) is 0.809. The molecule has 0 radical (unpaired) electrons. The van der Waals surface area contributed by atoms with Crippen molar-refractivity contribution < 1.29 is 31.6 Å². The fraction of sp³-hybridized carbons (Fsp3) is 0.514. The van der Waals surface area contributed by atoms with Crippen LogP contribution >= 0.6 is 0 Å². The average Bonchev–Trinajstić information content (AvgIpc) is 3.04. The predicted octanol–water partition coefficient (Wildman–Crippen LogP) is 9.68. The lowest BCUT2D eigenvalue weighted by Crippen LogP contribution is -2.57. The first-order valence-electron chi connectivity index (χ1n) is 16.5. The quantitative estimate of drug-likeness (QED) is 0.183. The summed E-state index contributed by atoms with van der Waals surface area (Å²) in [5, 5.41) is 6.23. The summed E-state index contributed by atoms with van der Waals surface area (Å²) < 4.78 is 60.8. The molecule has 4 fully saturated rings. The maximum atomic E-state index is 13.2. The van der Waals surface area contributed by atoms with Crippen LogP contribution in [-0.4, -0.2) is 42.1 Å². The second kappa shape index (κ2) is 18.3. The average molecular weight is 680 g/mol. The molecule has 9 heteroatoms. The summed E-state index contributed by atoms with van der Waals surface area (Å²) in [5.41, 5.74) is -1.03. The molecule has 0 amide bonds. The van der Waals surface area contributed by atoms with Crippen LogP contribution in [0.5, 0.6) is 0 Å². The molecular weight excluding hydrogens is 627 g/mol. The van der Waals surface area contributed by atoms with Crippen LogP contribution in [-0.2, 0) is 25.7 Å². The fourth-order valence-electron chi connectivity index (χ4n) is 7.11. The highest BCUT2D eigenvalue weighted by Crippen LogP contribution is 2.61. The van der Waals surface area contributed by atoms with E-state index in [1.54, 1.807) is 0 Å². The lowest BCUT2D eigenvalue weighted by Gasteiger charge is -2.60. The molecule has 0 spiro atoms. The zero-order chi connectivity index (χ0) is 34.4. The Morgan fingerprint density at radius 3 is 1.43 bits per heavy atom. The summed E-state index contributed by atoms with van der Waals surface area (Å²) in [7, 11) is -5.47. The number of aliphatic hydroxyl groups is 1. The van der Waals surface area contributed by atoms with E-state index in [9.17, 15) is 22.3 Å². The molecular formula is C37H53F2O5S2+. The number of ether oxygens (including phenoxy) is 1. The molecule has 2 N–H and O–H groups in total. The van der Waals surface area contributed by atoms with Crippen LogP contribution in [0.4, 0.5) is 8.78 Å². The molecule has 7 rings (SSSR count).